The molecule has 96 valence electrons. The zero-order chi connectivity index (χ0) is 12.7. The number of aryl methyl sites for hydroxylation is 1. The van der Waals surface area contributed by atoms with Gasteiger partial charge in [0.05, 0.1) is 5.56 Å². The van der Waals surface area contributed by atoms with Gasteiger partial charge in [0, 0.05) is 0 Å². The highest BCUT2D eigenvalue weighted by molar-refractivity contribution is 5.29. The van der Waals surface area contributed by atoms with Gasteiger partial charge in [-0.25, -0.2) is 0 Å². The summed E-state index contributed by atoms with van der Waals surface area (Å²) in [6.07, 6.45) is 1.59. The summed E-state index contributed by atoms with van der Waals surface area (Å²) in [5.74, 6) is 0. The Bertz CT molecular complexity index is 328. The second-order valence-electron chi connectivity index (χ2n) is 4.32. The van der Waals surface area contributed by atoms with E-state index in [9.17, 15) is 13.2 Å². The molecule has 0 amide bonds. The molecule has 3 heteroatoms. The number of rotatable bonds is 6. The van der Waals surface area contributed by atoms with Crippen molar-refractivity contribution in [3.05, 3.63) is 35.4 Å². The molecular formula is C14H19F3. The predicted octanol–water partition coefficient (Wildman–Crippen LogP) is 5.22. The van der Waals surface area contributed by atoms with Gasteiger partial charge in [-0.15, -0.1) is 0 Å². The summed E-state index contributed by atoms with van der Waals surface area (Å²) >= 11 is 0. The lowest BCUT2D eigenvalue weighted by atomic mass is 10.0. The first-order chi connectivity index (χ1) is 8.05. The zero-order valence-corrected chi connectivity index (χ0v) is 10.2. The number of hydrogen-bond donors (Lipinski definition) is 0. The van der Waals surface area contributed by atoms with Crippen LogP contribution in [0.3, 0.4) is 0 Å². The largest absolute Gasteiger partial charge is 0.416 e. The van der Waals surface area contributed by atoms with Crippen LogP contribution < -0.4 is 0 Å². The van der Waals surface area contributed by atoms with E-state index in [4.69, 9.17) is 0 Å². The van der Waals surface area contributed by atoms with Crippen LogP contribution in [-0.4, -0.2) is 0 Å². The topological polar surface area (TPSA) is 0 Å². The van der Waals surface area contributed by atoms with Crippen LogP contribution in [0, 0.1) is 0 Å². The number of hydrogen-bond acceptors (Lipinski definition) is 0. The molecule has 1 aromatic carbocycles. The molecule has 0 aliphatic carbocycles. The van der Waals surface area contributed by atoms with Gasteiger partial charge in [-0.1, -0.05) is 50.8 Å². The van der Waals surface area contributed by atoms with E-state index in [0.29, 0.717) is 12.0 Å². The third kappa shape index (κ3) is 4.80. The predicted molar refractivity (Wildman–Crippen MR) is 63.9 cm³/mol. The Labute approximate surface area is 101 Å². The van der Waals surface area contributed by atoms with Crippen LogP contribution in [0.5, 0.6) is 0 Å². The SMILES string of the molecule is CCCCCCCc1ccccc1C(F)(F)F. The lowest BCUT2D eigenvalue weighted by molar-refractivity contribution is -0.138. The van der Waals surface area contributed by atoms with Crippen molar-refractivity contribution in [3.8, 4) is 0 Å². The molecule has 0 aromatic heterocycles. The van der Waals surface area contributed by atoms with E-state index in [1.54, 1.807) is 12.1 Å². The van der Waals surface area contributed by atoms with Crippen LogP contribution in [0.2, 0.25) is 0 Å². The average molecular weight is 244 g/mol. The second-order valence-corrected chi connectivity index (χ2v) is 4.32. The van der Waals surface area contributed by atoms with Crippen molar-refractivity contribution in [3.63, 3.8) is 0 Å². The van der Waals surface area contributed by atoms with E-state index < -0.39 is 11.7 Å². The summed E-state index contributed by atoms with van der Waals surface area (Å²) in [5.41, 5.74) is -0.0491. The quantitative estimate of drug-likeness (QED) is 0.602. The van der Waals surface area contributed by atoms with Gasteiger partial charge in [0.1, 0.15) is 0 Å². The first kappa shape index (κ1) is 14.1. The third-order valence-corrected chi connectivity index (χ3v) is 2.87. The fraction of sp³-hybridized carbons (Fsp3) is 0.571. The number of halogens is 3. The van der Waals surface area contributed by atoms with Crippen LogP contribution in [0.15, 0.2) is 24.3 Å². The molecule has 1 rings (SSSR count). The van der Waals surface area contributed by atoms with E-state index in [0.717, 1.165) is 25.7 Å². The fourth-order valence-electron chi connectivity index (χ4n) is 1.93. The maximum absolute atomic E-state index is 12.7. The second kappa shape index (κ2) is 6.67. The smallest absolute Gasteiger partial charge is 0.166 e. The minimum atomic E-state index is -4.22. The third-order valence-electron chi connectivity index (χ3n) is 2.87. The molecule has 1 aromatic rings. The molecule has 0 radical (unpaired) electrons. The van der Waals surface area contributed by atoms with E-state index in [-0.39, 0.29) is 0 Å². The monoisotopic (exact) mass is 244 g/mol. The zero-order valence-electron chi connectivity index (χ0n) is 10.2. The van der Waals surface area contributed by atoms with Crippen molar-refractivity contribution >= 4 is 0 Å². The minimum Gasteiger partial charge on any atom is -0.166 e. The molecule has 0 fully saturated rings. The van der Waals surface area contributed by atoms with E-state index in [2.05, 4.69) is 6.92 Å². The Kier molecular flexibility index (Phi) is 5.52. The van der Waals surface area contributed by atoms with Crippen molar-refractivity contribution in [1.29, 1.82) is 0 Å². The first-order valence-corrected chi connectivity index (χ1v) is 6.20. The van der Waals surface area contributed by atoms with E-state index >= 15 is 0 Å². The maximum Gasteiger partial charge on any atom is 0.416 e. The lowest BCUT2D eigenvalue weighted by Gasteiger charge is -2.12. The number of unbranched alkanes of at least 4 members (excludes halogenated alkanes) is 4. The Morgan fingerprint density at radius 2 is 1.59 bits per heavy atom. The molecule has 17 heavy (non-hydrogen) atoms. The summed E-state index contributed by atoms with van der Waals surface area (Å²) in [4.78, 5) is 0. The Balaban J connectivity index is 2.53. The summed E-state index contributed by atoms with van der Waals surface area (Å²) in [6, 6.07) is 5.88. The summed E-state index contributed by atoms with van der Waals surface area (Å²) in [6.45, 7) is 2.12. The Morgan fingerprint density at radius 3 is 2.24 bits per heavy atom. The molecule has 0 atom stereocenters. The summed E-state index contributed by atoms with van der Waals surface area (Å²) in [7, 11) is 0. The van der Waals surface area contributed by atoms with Gasteiger partial charge in [-0.05, 0) is 24.5 Å². The van der Waals surface area contributed by atoms with E-state index in [1.807, 2.05) is 0 Å². The average Bonchev–Trinajstić information content (AvgIpc) is 2.28. The van der Waals surface area contributed by atoms with Gasteiger partial charge in [0.15, 0.2) is 0 Å². The summed E-state index contributed by atoms with van der Waals surface area (Å²) < 4.78 is 38.0. The van der Waals surface area contributed by atoms with Gasteiger partial charge >= 0.3 is 6.18 Å². The van der Waals surface area contributed by atoms with Gasteiger partial charge < -0.3 is 0 Å². The highest BCUT2D eigenvalue weighted by Crippen LogP contribution is 2.32. The molecule has 0 aliphatic heterocycles. The normalized spacial score (nSPS) is 11.8. The van der Waals surface area contributed by atoms with Crippen molar-refractivity contribution in [2.45, 2.75) is 51.6 Å². The highest BCUT2D eigenvalue weighted by atomic mass is 19.4. The van der Waals surface area contributed by atoms with Crippen LogP contribution in [0.1, 0.15) is 50.2 Å². The lowest BCUT2D eigenvalue weighted by Crippen LogP contribution is -2.08. The number of benzene rings is 1. The summed E-state index contributed by atoms with van der Waals surface area (Å²) in [5, 5.41) is 0. The van der Waals surface area contributed by atoms with Gasteiger partial charge in [-0.2, -0.15) is 13.2 Å². The molecule has 0 aliphatic rings. The molecule has 0 saturated carbocycles. The molecule has 0 nitrogen and oxygen atoms in total. The molecule has 0 unspecified atom stereocenters. The first-order valence-electron chi connectivity index (χ1n) is 6.20. The maximum atomic E-state index is 12.7. The molecule has 0 spiro atoms. The minimum absolute atomic E-state index is 0.427. The van der Waals surface area contributed by atoms with Crippen LogP contribution in [0.4, 0.5) is 13.2 Å². The van der Waals surface area contributed by atoms with Crippen molar-refractivity contribution in [1.82, 2.24) is 0 Å². The van der Waals surface area contributed by atoms with Crippen molar-refractivity contribution < 1.29 is 13.2 Å². The highest BCUT2D eigenvalue weighted by Gasteiger charge is 2.32. The van der Waals surface area contributed by atoms with Gasteiger partial charge in [0.2, 0.25) is 0 Å². The van der Waals surface area contributed by atoms with Crippen LogP contribution in [0.25, 0.3) is 0 Å². The van der Waals surface area contributed by atoms with Crippen LogP contribution >= 0.6 is 0 Å². The molecule has 0 bridgehead atoms. The van der Waals surface area contributed by atoms with Gasteiger partial charge in [-0.3, -0.25) is 0 Å². The molecule has 0 N–H and O–H groups in total. The standard InChI is InChI=1S/C14H19F3/c1-2-3-4-5-6-9-12-10-7-8-11-13(12)14(15,16)17/h7-8,10-11H,2-6,9H2,1H3. The van der Waals surface area contributed by atoms with E-state index in [1.165, 1.54) is 18.6 Å². The Morgan fingerprint density at radius 1 is 0.941 bits per heavy atom. The molecule has 0 saturated heterocycles. The fourth-order valence-corrected chi connectivity index (χ4v) is 1.93. The molecule has 0 heterocycles. The molecular weight excluding hydrogens is 225 g/mol. The van der Waals surface area contributed by atoms with Crippen molar-refractivity contribution in [2.75, 3.05) is 0 Å². The van der Waals surface area contributed by atoms with Crippen molar-refractivity contribution in [2.24, 2.45) is 0 Å². The van der Waals surface area contributed by atoms with Crippen LogP contribution in [-0.2, 0) is 12.6 Å². The Hall–Kier alpha value is -0.990. The number of alkyl halides is 3. The van der Waals surface area contributed by atoms with Gasteiger partial charge in [0.25, 0.3) is 0 Å².